The molecule has 6 nitrogen and oxygen atoms in total. The summed E-state index contributed by atoms with van der Waals surface area (Å²) in [5, 5.41) is 3.23. The second-order valence-corrected chi connectivity index (χ2v) is 6.72. The number of nitrogens with zero attached hydrogens (tertiary/aromatic N) is 2. The summed E-state index contributed by atoms with van der Waals surface area (Å²) in [6.07, 6.45) is 2.44. The number of carbonyl (C=O) groups is 1. The van der Waals surface area contributed by atoms with Gasteiger partial charge in [0.25, 0.3) is 0 Å². The first-order chi connectivity index (χ1) is 12.0. The van der Waals surface area contributed by atoms with Crippen LogP contribution in [0.3, 0.4) is 0 Å². The number of ether oxygens (including phenoxy) is 2. The van der Waals surface area contributed by atoms with Gasteiger partial charge in [-0.15, -0.1) is 0 Å². The molecule has 132 valence electrons. The lowest BCUT2D eigenvalue weighted by Crippen LogP contribution is -2.33. The van der Waals surface area contributed by atoms with Crippen molar-refractivity contribution in [2.24, 2.45) is 0 Å². The molecule has 3 rings (SSSR count). The highest BCUT2D eigenvalue weighted by Crippen LogP contribution is 2.31. The number of aromatic nitrogens is 1. The Morgan fingerprint density at radius 3 is 2.48 bits per heavy atom. The van der Waals surface area contributed by atoms with Crippen LogP contribution >= 0.6 is 15.9 Å². The van der Waals surface area contributed by atoms with Gasteiger partial charge in [0, 0.05) is 35.4 Å². The Bertz CT molecular complexity index is 775. The van der Waals surface area contributed by atoms with E-state index in [1.54, 1.807) is 31.4 Å². The zero-order valence-electron chi connectivity index (χ0n) is 14.4. The molecule has 1 saturated heterocycles. The lowest BCUT2D eigenvalue weighted by molar-refractivity contribution is -0.117. The first kappa shape index (κ1) is 17.5. The van der Waals surface area contributed by atoms with Crippen LogP contribution in [0.4, 0.5) is 11.5 Å². The molecule has 1 atom stereocenters. The van der Waals surface area contributed by atoms with Crippen molar-refractivity contribution >= 4 is 33.3 Å². The first-order valence-corrected chi connectivity index (χ1v) is 8.74. The molecule has 0 aliphatic carbocycles. The standard InChI is InChI=1S/C18H20BrN3O3/c1-11-6-17(20-10-15(11)19)21-16-4-5-22(18(16)23)12-7-13(24-2)9-14(8-12)25-3/h6-10,16H,4-5H2,1-3H3,(H,20,21). The number of hydrogen-bond donors (Lipinski definition) is 1. The van der Waals surface area contributed by atoms with Crippen LogP contribution in [0.15, 0.2) is 34.9 Å². The number of hydrogen-bond acceptors (Lipinski definition) is 5. The predicted octanol–water partition coefficient (Wildman–Crippen LogP) is 3.39. The van der Waals surface area contributed by atoms with Crippen LogP contribution in [0.25, 0.3) is 0 Å². The largest absolute Gasteiger partial charge is 0.497 e. The second-order valence-electron chi connectivity index (χ2n) is 5.87. The molecule has 1 aromatic heterocycles. The number of aryl methyl sites for hydroxylation is 1. The van der Waals surface area contributed by atoms with Crippen molar-refractivity contribution < 1.29 is 14.3 Å². The summed E-state index contributed by atoms with van der Waals surface area (Å²) in [5.74, 6) is 2.02. The average molecular weight is 406 g/mol. The maximum absolute atomic E-state index is 12.8. The lowest BCUT2D eigenvalue weighted by atomic mass is 10.2. The number of anilines is 2. The van der Waals surface area contributed by atoms with Gasteiger partial charge in [0.1, 0.15) is 23.4 Å². The Hall–Kier alpha value is -2.28. The Morgan fingerprint density at radius 2 is 1.88 bits per heavy atom. The van der Waals surface area contributed by atoms with E-state index in [1.165, 1.54) is 0 Å². The van der Waals surface area contributed by atoms with Crippen LogP contribution in [0, 0.1) is 6.92 Å². The zero-order chi connectivity index (χ0) is 18.0. The highest BCUT2D eigenvalue weighted by atomic mass is 79.9. The molecule has 0 bridgehead atoms. The summed E-state index contributed by atoms with van der Waals surface area (Å²) in [6.45, 7) is 2.62. The molecule has 0 spiro atoms. The molecule has 2 aromatic rings. The van der Waals surface area contributed by atoms with E-state index in [0.29, 0.717) is 30.3 Å². The van der Waals surface area contributed by atoms with Crippen molar-refractivity contribution in [3.8, 4) is 11.5 Å². The number of pyridine rings is 1. The lowest BCUT2D eigenvalue weighted by Gasteiger charge is -2.19. The maximum atomic E-state index is 12.8. The number of benzene rings is 1. The van der Waals surface area contributed by atoms with Gasteiger partial charge in [-0.3, -0.25) is 4.79 Å². The molecule has 1 aromatic carbocycles. The van der Waals surface area contributed by atoms with Crippen molar-refractivity contribution in [2.45, 2.75) is 19.4 Å². The van der Waals surface area contributed by atoms with Gasteiger partial charge in [0.05, 0.1) is 19.9 Å². The van der Waals surface area contributed by atoms with E-state index < -0.39 is 0 Å². The predicted molar refractivity (Wildman–Crippen MR) is 101 cm³/mol. The van der Waals surface area contributed by atoms with Gasteiger partial charge in [-0.05, 0) is 40.9 Å². The Balaban J connectivity index is 1.78. The van der Waals surface area contributed by atoms with Crippen LogP contribution in [0.5, 0.6) is 11.5 Å². The number of nitrogens with one attached hydrogen (secondary N) is 1. The zero-order valence-corrected chi connectivity index (χ0v) is 16.0. The number of methoxy groups -OCH3 is 2. The van der Waals surface area contributed by atoms with Gasteiger partial charge < -0.3 is 19.7 Å². The maximum Gasteiger partial charge on any atom is 0.249 e. The molecule has 1 fully saturated rings. The van der Waals surface area contributed by atoms with E-state index in [0.717, 1.165) is 15.7 Å². The van der Waals surface area contributed by atoms with Gasteiger partial charge in [-0.25, -0.2) is 4.98 Å². The molecule has 1 amide bonds. The molecule has 1 aliphatic heterocycles. The molecule has 0 radical (unpaired) electrons. The molecule has 1 aliphatic rings. The topological polar surface area (TPSA) is 63.7 Å². The fourth-order valence-electron chi connectivity index (χ4n) is 2.82. The Morgan fingerprint density at radius 1 is 1.20 bits per heavy atom. The average Bonchev–Trinajstić information content (AvgIpc) is 2.98. The van der Waals surface area contributed by atoms with Crippen molar-refractivity contribution in [1.82, 2.24) is 4.98 Å². The van der Waals surface area contributed by atoms with E-state index in [-0.39, 0.29) is 11.9 Å². The fourth-order valence-corrected chi connectivity index (χ4v) is 3.03. The van der Waals surface area contributed by atoms with Gasteiger partial charge in [-0.1, -0.05) is 0 Å². The molecule has 2 heterocycles. The summed E-state index contributed by atoms with van der Waals surface area (Å²) in [7, 11) is 3.19. The van der Waals surface area contributed by atoms with Crippen molar-refractivity contribution in [3.63, 3.8) is 0 Å². The Kier molecular flexibility index (Phi) is 5.13. The molecule has 0 saturated carbocycles. The molecule has 1 unspecified atom stereocenters. The highest BCUT2D eigenvalue weighted by Gasteiger charge is 2.33. The van der Waals surface area contributed by atoms with Gasteiger partial charge in [0.2, 0.25) is 5.91 Å². The minimum absolute atomic E-state index is 0.0117. The minimum atomic E-state index is -0.301. The molecule has 25 heavy (non-hydrogen) atoms. The number of amides is 1. The van der Waals surface area contributed by atoms with Crippen LogP contribution in [0.2, 0.25) is 0 Å². The summed E-state index contributed by atoms with van der Waals surface area (Å²) >= 11 is 3.43. The highest BCUT2D eigenvalue weighted by molar-refractivity contribution is 9.10. The first-order valence-electron chi connectivity index (χ1n) is 7.95. The summed E-state index contributed by atoms with van der Waals surface area (Å²) in [5.41, 5.74) is 1.84. The van der Waals surface area contributed by atoms with E-state index in [9.17, 15) is 4.79 Å². The van der Waals surface area contributed by atoms with Crippen LogP contribution in [-0.4, -0.2) is 37.7 Å². The van der Waals surface area contributed by atoms with Gasteiger partial charge in [0.15, 0.2) is 0 Å². The third kappa shape index (κ3) is 3.71. The molecular weight excluding hydrogens is 386 g/mol. The summed E-state index contributed by atoms with van der Waals surface area (Å²) < 4.78 is 11.5. The van der Waals surface area contributed by atoms with E-state index in [4.69, 9.17) is 9.47 Å². The van der Waals surface area contributed by atoms with Crippen LogP contribution < -0.4 is 19.7 Å². The number of rotatable bonds is 5. The van der Waals surface area contributed by atoms with E-state index >= 15 is 0 Å². The quantitative estimate of drug-likeness (QED) is 0.825. The summed E-state index contributed by atoms with van der Waals surface area (Å²) in [6, 6.07) is 7.09. The molecule has 7 heteroatoms. The normalized spacial score (nSPS) is 16.9. The fraction of sp³-hybridized carbons (Fsp3) is 0.333. The SMILES string of the molecule is COc1cc(OC)cc(N2CCC(Nc3cc(C)c(Br)cn3)C2=O)c1. The minimum Gasteiger partial charge on any atom is -0.497 e. The van der Waals surface area contributed by atoms with Crippen molar-refractivity contribution in [2.75, 3.05) is 31.0 Å². The third-order valence-electron chi connectivity index (χ3n) is 4.22. The van der Waals surface area contributed by atoms with E-state index in [1.807, 2.05) is 25.1 Å². The van der Waals surface area contributed by atoms with E-state index in [2.05, 4.69) is 26.2 Å². The van der Waals surface area contributed by atoms with Crippen molar-refractivity contribution in [3.05, 3.63) is 40.5 Å². The second kappa shape index (κ2) is 7.31. The van der Waals surface area contributed by atoms with Crippen LogP contribution in [-0.2, 0) is 4.79 Å². The van der Waals surface area contributed by atoms with Gasteiger partial charge in [-0.2, -0.15) is 0 Å². The number of halogens is 1. The molecular formula is C18H20BrN3O3. The Labute approximate surface area is 155 Å². The smallest absolute Gasteiger partial charge is 0.249 e. The molecule has 1 N–H and O–H groups in total. The third-order valence-corrected chi connectivity index (χ3v) is 5.05. The summed E-state index contributed by atoms with van der Waals surface area (Å²) in [4.78, 5) is 18.9. The van der Waals surface area contributed by atoms with Crippen molar-refractivity contribution in [1.29, 1.82) is 0 Å². The van der Waals surface area contributed by atoms with Gasteiger partial charge >= 0.3 is 0 Å². The number of carbonyl (C=O) groups excluding carboxylic acids is 1. The monoisotopic (exact) mass is 405 g/mol. The van der Waals surface area contributed by atoms with Crippen LogP contribution in [0.1, 0.15) is 12.0 Å².